The Morgan fingerprint density at radius 2 is 1.94 bits per heavy atom. The zero-order valence-corrected chi connectivity index (χ0v) is 20.4. The van der Waals surface area contributed by atoms with Gasteiger partial charge in [-0.2, -0.15) is 0 Å². The van der Waals surface area contributed by atoms with Crippen LogP contribution in [0.1, 0.15) is 61.2 Å². The van der Waals surface area contributed by atoms with E-state index in [9.17, 15) is 4.79 Å². The van der Waals surface area contributed by atoms with Gasteiger partial charge < -0.3 is 15.9 Å². The number of aryl methyl sites for hydroxylation is 3. The molecular formula is C25H31N5O2S. The highest BCUT2D eigenvalue weighted by molar-refractivity contribution is 8.00. The van der Waals surface area contributed by atoms with Crippen LogP contribution in [0.3, 0.4) is 0 Å². The molecular weight excluding hydrogens is 434 g/mol. The van der Waals surface area contributed by atoms with Crippen LogP contribution in [-0.4, -0.2) is 26.0 Å². The van der Waals surface area contributed by atoms with Crippen molar-refractivity contribution in [2.45, 2.75) is 69.9 Å². The fraction of sp³-hybridized carbons (Fsp3) is 0.400. The Kier molecular flexibility index (Phi) is 6.93. The van der Waals surface area contributed by atoms with E-state index in [0.29, 0.717) is 16.9 Å². The molecule has 1 heterocycles. The average Bonchev–Trinajstić information content (AvgIpc) is 3.38. The minimum atomic E-state index is -0.386. The first-order valence-electron chi connectivity index (χ1n) is 11.3. The molecule has 0 aliphatic heterocycles. The first-order valence-corrected chi connectivity index (χ1v) is 12.2. The quantitative estimate of drug-likeness (QED) is 0.373. The Bertz CT molecular complexity index is 1160. The summed E-state index contributed by atoms with van der Waals surface area (Å²) in [7, 11) is 0. The molecule has 1 unspecified atom stereocenters. The van der Waals surface area contributed by atoms with Crippen molar-refractivity contribution in [3.05, 3.63) is 64.5 Å². The summed E-state index contributed by atoms with van der Waals surface area (Å²) in [6.07, 6.45) is 3.38. The van der Waals surface area contributed by atoms with Gasteiger partial charge in [-0.05, 0) is 79.5 Å². The second kappa shape index (κ2) is 9.87. The van der Waals surface area contributed by atoms with Gasteiger partial charge in [0.1, 0.15) is 12.4 Å². The zero-order valence-electron chi connectivity index (χ0n) is 19.6. The Morgan fingerprint density at radius 1 is 1.15 bits per heavy atom. The second-order valence-electron chi connectivity index (χ2n) is 8.84. The number of aromatic nitrogens is 3. The summed E-state index contributed by atoms with van der Waals surface area (Å²) in [6.45, 7) is 8.33. The van der Waals surface area contributed by atoms with Gasteiger partial charge in [-0.1, -0.05) is 43.8 Å². The predicted molar refractivity (Wildman–Crippen MR) is 132 cm³/mol. The molecule has 0 bridgehead atoms. The molecule has 174 valence electrons. The van der Waals surface area contributed by atoms with Crippen LogP contribution in [-0.2, 0) is 24.2 Å². The van der Waals surface area contributed by atoms with E-state index >= 15 is 0 Å². The first-order chi connectivity index (χ1) is 15.8. The lowest BCUT2D eigenvalue weighted by Gasteiger charge is -2.15. The van der Waals surface area contributed by atoms with E-state index in [2.05, 4.69) is 53.6 Å². The molecule has 3 aromatic rings. The highest BCUT2D eigenvalue weighted by atomic mass is 32.2. The molecule has 0 saturated heterocycles. The van der Waals surface area contributed by atoms with E-state index in [1.165, 1.54) is 34.0 Å². The topological polar surface area (TPSA) is 95.1 Å². The molecule has 1 aliphatic carbocycles. The number of nitrogens with one attached hydrogen (secondary N) is 1. The Labute approximate surface area is 199 Å². The third-order valence-electron chi connectivity index (χ3n) is 5.90. The Morgan fingerprint density at radius 3 is 2.73 bits per heavy atom. The second-order valence-corrected chi connectivity index (χ2v) is 10.1. The van der Waals surface area contributed by atoms with Gasteiger partial charge in [0, 0.05) is 5.69 Å². The van der Waals surface area contributed by atoms with Crippen LogP contribution in [0.4, 0.5) is 5.69 Å². The lowest BCUT2D eigenvalue weighted by Crippen LogP contribution is -2.24. The third kappa shape index (κ3) is 5.33. The van der Waals surface area contributed by atoms with Crippen molar-refractivity contribution >= 4 is 23.4 Å². The molecule has 0 radical (unpaired) electrons. The fourth-order valence-corrected chi connectivity index (χ4v) is 4.77. The summed E-state index contributed by atoms with van der Waals surface area (Å²) in [4.78, 5) is 12.7. The Hall–Kier alpha value is -3.00. The third-order valence-corrected chi connectivity index (χ3v) is 6.96. The van der Waals surface area contributed by atoms with Gasteiger partial charge >= 0.3 is 0 Å². The molecule has 1 atom stereocenters. The van der Waals surface area contributed by atoms with E-state index in [1.54, 1.807) is 0 Å². The van der Waals surface area contributed by atoms with Crippen molar-refractivity contribution in [2.75, 3.05) is 11.2 Å². The molecule has 1 aromatic heterocycles. The van der Waals surface area contributed by atoms with Crippen LogP contribution >= 0.6 is 11.8 Å². The number of nitrogens with zero attached hydrogens (tertiary/aromatic N) is 3. The number of benzene rings is 2. The summed E-state index contributed by atoms with van der Waals surface area (Å²) in [5.74, 6) is 7.78. The standard InChI is InChI=1S/C25H31N5O2S/c1-15(2)21-11-8-16(3)12-22(21)32-14-23-28-29-25(30(23)26)33-17(4)24(31)27-20-10-9-18-6-5-7-19(18)13-20/h8-13,15,17H,5-7,14,26H2,1-4H3,(H,27,31). The SMILES string of the molecule is Cc1ccc(C(C)C)c(OCc2nnc(SC(C)C(=O)Nc3ccc4c(c3)CCC4)n2N)c1. The van der Waals surface area contributed by atoms with E-state index in [0.717, 1.165) is 35.4 Å². The van der Waals surface area contributed by atoms with Crippen molar-refractivity contribution in [3.63, 3.8) is 0 Å². The number of amides is 1. The smallest absolute Gasteiger partial charge is 0.237 e. The van der Waals surface area contributed by atoms with Gasteiger partial charge in [0.2, 0.25) is 11.1 Å². The van der Waals surface area contributed by atoms with Gasteiger partial charge in [-0.3, -0.25) is 4.79 Å². The molecule has 8 heteroatoms. The summed E-state index contributed by atoms with van der Waals surface area (Å²) in [5.41, 5.74) is 5.80. The molecule has 1 aliphatic rings. The van der Waals surface area contributed by atoms with Crippen LogP contribution in [0, 0.1) is 6.92 Å². The van der Waals surface area contributed by atoms with Gasteiger partial charge in [-0.25, -0.2) is 4.68 Å². The predicted octanol–water partition coefficient (Wildman–Crippen LogP) is 4.61. The number of thioether (sulfide) groups is 1. The molecule has 4 rings (SSSR count). The summed E-state index contributed by atoms with van der Waals surface area (Å²) >= 11 is 1.27. The lowest BCUT2D eigenvalue weighted by molar-refractivity contribution is -0.115. The highest BCUT2D eigenvalue weighted by Gasteiger charge is 2.21. The molecule has 0 spiro atoms. The van der Waals surface area contributed by atoms with Crippen LogP contribution in [0.15, 0.2) is 41.6 Å². The molecule has 7 nitrogen and oxygen atoms in total. The van der Waals surface area contributed by atoms with Gasteiger partial charge in [0.05, 0.1) is 5.25 Å². The van der Waals surface area contributed by atoms with Crippen LogP contribution < -0.4 is 15.9 Å². The number of hydrogen-bond donors (Lipinski definition) is 2. The van der Waals surface area contributed by atoms with Crippen LogP contribution in [0.25, 0.3) is 0 Å². The van der Waals surface area contributed by atoms with Crippen LogP contribution in [0.5, 0.6) is 5.75 Å². The van der Waals surface area contributed by atoms with E-state index in [1.807, 2.05) is 26.0 Å². The Balaban J connectivity index is 1.37. The minimum Gasteiger partial charge on any atom is -0.485 e. The largest absolute Gasteiger partial charge is 0.485 e. The van der Waals surface area contributed by atoms with E-state index < -0.39 is 0 Å². The van der Waals surface area contributed by atoms with Crippen LogP contribution in [0.2, 0.25) is 0 Å². The van der Waals surface area contributed by atoms with Crippen molar-refractivity contribution in [1.82, 2.24) is 14.9 Å². The number of carbonyl (C=O) groups excluding carboxylic acids is 1. The van der Waals surface area contributed by atoms with Gasteiger partial charge in [-0.15, -0.1) is 10.2 Å². The molecule has 33 heavy (non-hydrogen) atoms. The number of nitrogen functional groups attached to an aromatic ring is 1. The molecule has 0 fully saturated rings. The molecule has 3 N–H and O–H groups in total. The number of carbonyl (C=O) groups is 1. The molecule has 0 saturated carbocycles. The highest BCUT2D eigenvalue weighted by Crippen LogP contribution is 2.29. The van der Waals surface area contributed by atoms with Crippen molar-refractivity contribution in [1.29, 1.82) is 0 Å². The maximum atomic E-state index is 12.7. The number of nitrogens with two attached hydrogens (primary N) is 1. The first kappa shape index (κ1) is 23.2. The summed E-state index contributed by atoms with van der Waals surface area (Å²) in [6, 6.07) is 12.3. The lowest BCUT2D eigenvalue weighted by atomic mass is 10.0. The average molecular weight is 466 g/mol. The number of fused-ring (bicyclic) bond motifs is 1. The maximum absolute atomic E-state index is 12.7. The number of rotatable bonds is 8. The number of anilines is 1. The monoisotopic (exact) mass is 465 g/mol. The summed E-state index contributed by atoms with van der Waals surface area (Å²) < 4.78 is 7.43. The fourth-order valence-electron chi connectivity index (χ4n) is 3.98. The number of hydrogen-bond acceptors (Lipinski definition) is 6. The van der Waals surface area contributed by atoms with Crippen molar-refractivity contribution < 1.29 is 9.53 Å². The summed E-state index contributed by atoms with van der Waals surface area (Å²) in [5, 5.41) is 11.4. The zero-order chi connectivity index (χ0) is 23.5. The van der Waals surface area contributed by atoms with E-state index in [4.69, 9.17) is 10.6 Å². The normalized spacial score (nSPS) is 13.7. The minimum absolute atomic E-state index is 0.0971. The maximum Gasteiger partial charge on any atom is 0.237 e. The van der Waals surface area contributed by atoms with E-state index in [-0.39, 0.29) is 17.8 Å². The van der Waals surface area contributed by atoms with Gasteiger partial charge in [0.15, 0.2) is 5.82 Å². The van der Waals surface area contributed by atoms with Crippen molar-refractivity contribution in [3.8, 4) is 5.75 Å². The molecule has 2 aromatic carbocycles. The van der Waals surface area contributed by atoms with Crippen molar-refractivity contribution in [2.24, 2.45) is 0 Å². The van der Waals surface area contributed by atoms with Gasteiger partial charge in [0.25, 0.3) is 0 Å². The number of ether oxygens (including phenoxy) is 1. The molecule has 1 amide bonds.